The zero-order valence-corrected chi connectivity index (χ0v) is 14.0. The summed E-state index contributed by atoms with van der Waals surface area (Å²) in [5.41, 5.74) is 1.48. The molecule has 1 aliphatic rings. The molecule has 1 atom stereocenters. The fourth-order valence-corrected chi connectivity index (χ4v) is 3.04. The number of nitriles is 1. The maximum Gasteiger partial charge on any atom is 0.146 e. The molecule has 1 fully saturated rings. The highest BCUT2D eigenvalue weighted by Gasteiger charge is 2.22. The van der Waals surface area contributed by atoms with Crippen LogP contribution in [0.15, 0.2) is 42.6 Å². The molecule has 1 unspecified atom stereocenters. The van der Waals surface area contributed by atoms with Crippen LogP contribution in [-0.2, 0) is 0 Å². The van der Waals surface area contributed by atoms with E-state index in [1.807, 2.05) is 12.1 Å². The number of β-amino-alcohol motifs (C(OH)–C–C–N with tert-alkyl or cyclic N) is 1. The van der Waals surface area contributed by atoms with Crippen LogP contribution in [0.1, 0.15) is 17.2 Å². The van der Waals surface area contributed by atoms with Gasteiger partial charge in [-0.15, -0.1) is 0 Å². The normalized spacial score (nSPS) is 16.6. The molecule has 0 radical (unpaired) electrons. The first kappa shape index (κ1) is 16.7. The highest BCUT2D eigenvalue weighted by Crippen LogP contribution is 2.21. The fraction of sp³-hybridized carbons (Fsp3) is 0.333. The maximum atomic E-state index is 10.4. The molecular formula is C18H19ClN4O. The van der Waals surface area contributed by atoms with Crippen molar-refractivity contribution in [1.29, 1.82) is 5.26 Å². The van der Waals surface area contributed by atoms with Crippen LogP contribution in [0.25, 0.3) is 0 Å². The van der Waals surface area contributed by atoms with Gasteiger partial charge in [0.05, 0.1) is 11.7 Å². The largest absolute Gasteiger partial charge is 0.387 e. The van der Waals surface area contributed by atoms with Gasteiger partial charge >= 0.3 is 0 Å². The standard InChI is InChI=1S/C18H19ClN4O/c19-16-5-3-14(4-6-16)17(24)13-22-8-10-23(11-9-22)18-15(12-20)2-1-7-21-18/h1-7,17,24H,8-11,13H2. The number of piperazine rings is 1. The predicted octanol–water partition coefficient (Wildman–Crippen LogP) is 2.46. The molecule has 6 heteroatoms. The van der Waals surface area contributed by atoms with Crippen molar-refractivity contribution >= 4 is 17.4 Å². The number of aliphatic hydroxyl groups excluding tert-OH is 1. The van der Waals surface area contributed by atoms with Gasteiger partial charge in [-0.05, 0) is 29.8 Å². The number of nitrogens with zero attached hydrogens (tertiary/aromatic N) is 4. The molecule has 24 heavy (non-hydrogen) atoms. The van der Waals surface area contributed by atoms with Crippen molar-refractivity contribution in [3.05, 3.63) is 58.7 Å². The van der Waals surface area contributed by atoms with Crippen molar-refractivity contribution in [1.82, 2.24) is 9.88 Å². The van der Waals surface area contributed by atoms with Crippen molar-refractivity contribution in [3.8, 4) is 6.07 Å². The minimum Gasteiger partial charge on any atom is -0.387 e. The third-order valence-electron chi connectivity index (χ3n) is 4.26. The number of rotatable bonds is 4. The minimum absolute atomic E-state index is 0.529. The van der Waals surface area contributed by atoms with Crippen LogP contribution in [0.2, 0.25) is 5.02 Å². The molecule has 1 aliphatic heterocycles. The number of hydrogen-bond donors (Lipinski definition) is 1. The molecule has 0 bridgehead atoms. The molecule has 124 valence electrons. The van der Waals surface area contributed by atoms with Crippen LogP contribution in [0, 0.1) is 11.3 Å². The van der Waals surface area contributed by atoms with Gasteiger partial charge in [0, 0.05) is 43.9 Å². The average molecular weight is 343 g/mol. The second-order valence-corrected chi connectivity index (χ2v) is 6.28. The van der Waals surface area contributed by atoms with E-state index in [9.17, 15) is 10.4 Å². The highest BCUT2D eigenvalue weighted by atomic mass is 35.5. The number of aliphatic hydroxyl groups is 1. The summed E-state index contributed by atoms with van der Waals surface area (Å²) in [5, 5.41) is 20.2. The summed E-state index contributed by atoms with van der Waals surface area (Å²) in [6, 6.07) is 13.1. The van der Waals surface area contributed by atoms with E-state index in [4.69, 9.17) is 11.6 Å². The fourth-order valence-electron chi connectivity index (χ4n) is 2.91. The summed E-state index contributed by atoms with van der Waals surface area (Å²) in [6.07, 6.45) is 1.19. The number of anilines is 1. The van der Waals surface area contributed by atoms with Crippen LogP contribution < -0.4 is 4.90 Å². The lowest BCUT2D eigenvalue weighted by Gasteiger charge is -2.36. The van der Waals surface area contributed by atoms with Gasteiger partial charge in [0.1, 0.15) is 11.9 Å². The molecule has 5 nitrogen and oxygen atoms in total. The Morgan fingerprint density at radius 2 is 1.88 bits per heavy atom. The quantitative estimate of drug-likeness (QED) is 0.924. The molecule has 1 aromatic heterocycles. The first-order chi connectivity index (χ1) is 11.7. The molecule has 0 saturated carbocycles. The monoisotopic (exact) mass is 342 g/mol. The number of pyridine rings is 1. The molecule has 1 N–H and O–H groups in total. The minimum atomic E-state index is -0.529. The third-order valence-corrected chi connectivity index (χ3v) is 4.52. The van der Waals surface area contributed by atoms with Crippen LogP contribution in [-0.4, -0.2) is 47.7 Å². The van der Waals surface area contributed by atoms with Crippen molar-refractivity contribution < 1.29 is 5.11 Å². The Balaban J connectivity index is 1.57. The molecular weight excluding hydrogens is 324 g/mol. The molecule has 0 amide bonds. The summed E-state index contributed by atoms with van der Waals surface area (Å²) in [5.74, 6) is 0.748. The first-order valence-corrected chi connectivity index (χ1v) is 8.31. The Labute approximate surface area is 146 Å². The average Bonchev–Trinajstić information content (AvgIpc) is 2.63. The Bertz CT molecular complexity index is 721. The molecule has 1 saturated heterocycles. The predicted molar refractivity (Wildman–Crippen MR) is 94.0 cm³/mol. The third kappa shape index (κ3) is 3.85. The van der Waals surface area contributed by atoms with E-state index in [0.717, 1.165) is 37.6 Å². The Morgan fingerprint density at radius 1 is 1.17 bits per heavy atom. The molecule has 3 rings (SSSR count). The number of halogens is 1. The molecule has 0 aliphatic carbocycles. The zero-order chi connectivity index (χ0) is 16.9. The zero-order valence-electron chi connectivity index (χ0n) is 13.3. The lowest BCUT2D eigenvalue weighted by molar-refractivity contribution is 0.109. The van der Waals surface area contributed by atoms with Gasteiger partial charge < -0.3 is 10.0 Å². The topological polar surface area (TPSA) is 63.4 Å². The van der Waals surface area contributed by atoms with E-state index in [1.54, 1.807) is 30.5 Å². The summed E-state index contributed by atoms with van der Waals surface area (Å²) >= 11 is 5.88. The Hall–Kier alpha value is -2.13. The lowest BCUT2D eigenvalue weighted by Crippen LogP contribution is -2.48. The van der Waals surface area contributed by atoms with Crippen LogP contribution in [0.5, 0.6) is 0 Å². The number of aromatic nitrogens is 1. The van der Waals surface area contributed by atoms with Crippen molar-refractivity contribution in [2.75, 3.05) is 37.6 Å². The van der Waals surface area contributed by atoms with E-state index >= 15 is 0 Å². The molecule has 2 aromatic rings. The Morgan fingerprint density at radius 3 is 2.54 bits per heavy atom. The number of hydrogen-bond acceptors (Lipinski definition) is 5. The van der Waals surface area contributed by atoms with Crippen LogP contribution in [0.3, 0.4) is 0 Å². The SMILES string of the molecule is N#Cc1cccnc1N1CCN(CC(O)c2ccc(Cl)cc2)CC1. The van der Waals surface area contributed by atoms with E-state index < -0.39 is 6.10 Å². The van der Waals surface area contributed by atoms with E-state index in [0.29, 0.717) is 17.1 Å². The maximum absolute atomic E-state index is 10.4. The van der Waals surface area contributed by atoms with Gasteiger partial charge in [-0.2, -0.15) is 5.26 Å². The first-order valence-electron chi connectivity index (χ1n) is 7.93. The second kappa shape index (κ2) is 7.63. The van der Waals surface area contributed by atoms with Gasteiger partial charge in [-0.3, -0.25) is 4.90 Å². The van der Waals surface area contributed by atoms with Crippen molar-refractivity contribution in [3.63, 3.8) is 0 Å². The van der Waals surface area contributed by atoms with Crippen molar-refractivity contribution in [2.45, 2.75) is 6.10 Å². The summed E-state index contributed by atoms with van der Waals surface area (Å²) in [4.78, 5) is 8.69. The summed E-state index contributed by atoms with van der Waals surface area (Å²) in [6.45, 7) is 3.82. The van der Waals surface area contributed by atoms with Gasteiger partial charge in [0.2, 0.25) is 0 Å². The van der Waals surface area contributed by atoms with Gasteiger partial charge in [-0.1, -0.05) is 23.7 Å². The molecule has 0 spiro atoms. The second-order valence-electron chi connectivity index (χ2n) is 5.84. The Kier molecular flexibility index (Phi) is 5.31. The summed E-state index contributed by atoms with van der Waals surface area (Å²) in [7, 11) is 0. The van der Waals surface area contributed by atoms with Crippen LogP contribution >= 0.6 is 11.6 Å². The highest BCUT2D eigenvalue weighted by molar-refractivity contribution is 6.30. The van der Waals surface area contributed by atoms with Crippen LogP contribution in [0.4, 0.5) is 5.82 Å². The van der Waals surface area contributed by atoms with Gasteiger partial charge in [0.25, 0.3) is 0 Å². The molecule has 2 heterocycles. The van der Waals surface area contributed by atoms with E-state index in [-0.39, 0.29) is 0 Å². The number of benzene rings is 1. The van der Waals surface area contributed by atoms with Gasteiger partial charge in [0.15, 0.2) is 0 Å². The van der Waals surface area contributed by atoms with E-state index in [1.165, 1.54) is 0 Å². The van der Waals surface area contributed by atoms with Crippen molar-refractivity contribution in [2.24, 2.45) is 0 Å². The molecule has 1 aromatic carbocycles. The lowest BCUT2D eigenvalue weighted by atomic mass is 10.1. The van der Waals surface area contributed by atoms with E-state index in [2.05, 4.69) is 20.9 Å². The van der Waals surface area contributed by atoms with Gasteiger partial charge in [-0.25, -0.2) is 4.98 Å². The summed E-state index contributed by atoms with van der Waals surface area (Å²) < 4.78 is 0. The smallest absolute Gasteiger partial charge is 0.146 e.